The highest BCUT2D eigenvalue weighted by molar-refractivity contribution is 5.75. The largest absolute Gasteiger partial charge is 0.382 e. The summed E-state index contributed by atoms with van der Waals surface area (Å²) >= 11 is 0. The predicted octanol–water partition coefficient (Wildman–Crippen LogP) is 2.18. The number of pyridine rings is 1. The quantitative estimate of drug-likeness (QED) is 0.784. The first-order valence-corrected chi connectivity index (χ1v) is 4.94. The fraction of sp³-hybridized carbons (Fsp3) is 0.273. The van der Waals surface area contributed by atoms with Crippen LogP contribution in [-0.4, -0.2) is 15.2 Å². The molecule has 0 saturated heterocycles. The van der Waals surface area contributed by atoms with E-state index in [4.69, 9.17) is 5.73 Å². The highest BCUT2D eigenvalue weighted by atomic mass is 15.2. The maximum absolute atomic E-state index is 5.84. The van der Waals surface area contributed by atoms with Crippen LogP contribution in [0.3, 0.4) is 0 Å². The van der Waals surface area contributed by atoms with Crippen LogP contribution in [0.2, 0.25) is 0 Å². The van der Waals surface area contributed by atoms with Gasteiger partial charge in [0.2, 0.25) is 0 Å². The smallest absolute Gasteiger partial charge is 0.153 e. The van der Waals surface area contributed by atoms with E-state index >= 15 is 0 Å². The highest BCUT2D eigenvalue weighted by Gasteiger charge is 2.15. The average molecular weight is 202 g/mol. The lowest BCUT2D eigenvalue weighted by molar-refractivity contribution is 0.812. The summed E-state index contributed by atoms with van der Waals surface area (Å²) in [6.45, 7) is 4.21. The predicted molar refractivity (Wildman–Crippen MR) is 60.3 cm³/mol. The third-order valence-electron chi connectivity index (χ3n) is 2.35. The van der Waals surface area contributed by atoms with Crippen molar-refractivity contribution < 1.29 is 0 Å². The molecule has 2 heterocycles. The Morgan fingerprint density at radius 1 is 1.40 bits per heavy atom. The minimum absolute atomic E-state index is 0.366. The molecule has 2 aromatic heterocycles. The van der Waals surface area contributed by atoms with E-state index in [1.807, 2.05) is 12.1 Å². The van der Waals surface area contributed by atoms with Crippen LogP contribution >= 0.6 is 0 Å². The lowest BCUT2D eigenvalue weighted by Gasteiger charge is -2.06. The normalized spacial score (nSPS) is 10.9. The van der Waals surface area contributed by atoms with Gasteiger partial charge in [-0.25, -0.2) is 0 Å². The monoisotopic (exact) mass is 202 g/mol. The van der Waals surface area contributed by atoms with Crippen molar-refractivity contribution in [3.05, 3.63) is 30.2 Å². The van der Waals surface area contributed by atoms with Crippen molar-refractivity contribution in [1.29, 1.82) is 0 Å². The SMILES string of the molecule is CC(C)c1[nH]nc(N)c1-c1cccnc1. The van der Waals surface area contributed by atoms with Crippen LogP contribution in [0, 0.1) is 0 Å². The Morgan fingerprint density at radius 3 is 2.80 bits per heavy atom. The molecule has 3 N–H and O–H groups in total. The maximum atomic E-state index is 5.84. The van der Waals surface area contributed by atoms with Gasteiger partial charge in [-0.2, -0.15) is 5.10 Å². The number of rotatable bonds is 2. The molecule has 0 aliphatic rings. The van der Waals surface area contributed by atoms with E-state index in [2.05, 4.69) is 29.0 Å². The third kappa shape index (κ3) is 1.70. The Morgan fingerprint density at radius 2 is 2.20 bits per heavy atom. The summed E-state index contributed by atoms with van der Waals surface area (Å²) in [7, 11) is 0. The van der Waals surface area contributed by atoms with Crippen molar-refractivity contribution in [3.8, 4) is 11.1 Å². The molecule has 4 heteroatoms. The minimum atomic E-state index is 0.366. The van der Waals surface area contributed by atoms with E-state index in [1.165, 1.54) is 0 Å². The summed E-state index contributed by atoms with van der Waals surface area (Å²) in [6, 6.07) is 3.88. The molecule has 0 unspecified atom stereocenters. The summed E-state index contributed by atoms with van der Waals surface area (Å²) in [4.78, 5) is 4.08. The van der Waals surface area contributed by atoms with Gasteiger partial charge in [0.15, 0.2) is 5.82 Å². The standard InChI is InChI=1S/C11H14N4/c1-7(2)10-9(11(12)15-14-10)8-4-3-5-13-6-8/h3-7H,1-2H3,(H3,12,14,15). The zero-order valence-corrected chi connectivity index (χ0v) is 8.86. The first kappa shape index (κ1) is 9.71. The molecule has 0 saturated carbocycles. The zero-order chi connectivity index (χ0) is 10.8. The number of aromatic nitrogens is 3. The molecule has 0 amide bonds. The van der Waals surface area contributed by atoms with E-state index in [1.54, 1.807) is 12.4 Å². The molecular formula is C11H14N4. The maximum Gasteiger partial charge on any atom is 0.153 e. The molecule has 0 radical (unpaired) electrons. The van der Waals surface area contributed by atoms with Crippen LogP contribution in [-0.2, 0) is 0 Å². The fourth-order valence-corrected chi connectivity index (χ4v) is 1.60. The lowest BCUT2D eigenvalue weighted by Crippen LogP contribution is -1.93. The summed E-state index contributed by atoms with van der Waals surface area (Å²) in [5.74, 6) is 0.900. The Labute approximate surface area is 88.5 Å². The molecule has 0 atom stereocenters. The number of aromatic amines is 1. The summed E-state index contributed by atoms with van der Waals surface area (Å²) in [5.41, 5.74) is 8.87. The zero-order valence-electron chi connectivity index (χ0n) is 8.86. The molecule has 0 bridgehead atoms. The molecule has 78 valence electrons. The van der Waals surface area contributed by atoms with Crippen molar-refractivity contribution >= 4 is 5.82 Å². The molecule has 0 aromatic carbocycles. The van der Waals surface area contributed by atoms with Gasteiger partial charge in [0.05, 0.1) is 0 Å². The van der Waals surface area contributed by atoms with Crippen LogP contribution in [0.5, 0.6) is 0 Å². The fourth-order valence-electron chi connectivity index (χ4n) is 1.60. The number of nitrogens with zero attached hydrogens (tertiary/aromatic N) is 2. The number of nitrogens with two attached hydrogens (primary N) is 1. The van der Waals surface area contributed by atoms with E-state index in [0.29, 0.717) is 11.7 Å². The topological polar surface area (TPSA) is 67.6 Å². The number of anilines is 1. The Bertz CT molecular complexity index is 445. The van der Waals surface area contributed by atoms with E-state index in [-0.39, 0.29) is 0 Å². The first-order valence-electron chi connectivity index (χ1n) is 4.94. The molecule has 4 nitrogen and oxygen atoms in total. The van der Waals surface area contributed by atoms with Gasteiger partial charge in [0, 0.05) is 29.2 Å². The van der Waals surface area contributed by atoms with Gasteiger partial charge >= 0.3 is 0 Å². The first-order chi connectivity index (χ1) is 7.20. The van der Waals surface area contributed by atoms with Gasteiger partial charge in [0.25, 0.3) is 0 Å². The van der Waals surface area contributed by atoms with E-state index in [9.17, 15) is 0 Å². The second-order valence-corrected chi connectivity index (χ2v) is 3.79. The van der Waals surface area contributed by atoms with Gasteiger partial charge in [-0.15, -0.1) is 0 Å². The van der Waals surface area contributed by atoms with Crippen LogP contribution < -0.4 is 5.73 Å². The van der Waals surface area contributed by atoms with E-state index in [0.717, 1.165) is 16.8 Å². The Hall–Kier alpha value is -1.84. The number of nitrogen functional groups attached to an aromatic ring is 1. The number of hydrogen-bond donors (Lipinski definition) is 2. The molecule has 0 spiro atoms. The summed E-state index contributed by atoms with van der Waals surface area (Å²) < 4.78 is 0. The Kier molecular flexibility index (Phi) is 2.41. The molecule has 0 fully saturated rings. The van der Waals surface area contributed by atoms with Crippen molar-refractivity contribution in [2.24, 2.45) is 0 Å². The van der Waals surface area contributed by atoms with Crippen LogP contribution in [0.4, 0.5) is 5.82 Å². The molecule has 15 heavy (non-hydrogen) atoms. The van der Waals surface area contributed by atoms with Crippen LogP contribution in [0.25, 0.3) is 11.1 Å². The average Bonchev–Trinajstić information content (AvgIpc) is 2.61. The Balaban J connectivity index is 2.57. The molecule has 0 aliphatic carbocycles. The summed E-state index contributed by atoms with van der Waals surface area (Å²) in [5, 5.41) is 7.01. The molecule has 2 aromatic rings. The van der Waals surface area contributed by atoms with Crippen LogP contribution in [0.1, 0.15) is 25.5 Å². The number of H-pyrrole nitrogens is 1. The second-order valence-electron chi connectivity index (χ2n) is 3.79. The van der Waals surface area contributed by atoms with Crippen LogP contribution in [0.15, 0.2) is 24.5 Å². The minimum Gasteiger partial charge on any atom is -0.382 e. The van der Waals surface area contributed by atoms with Gasteiger partial charge in [-0.3, -0.25) is 10.1 Å². The number of hydrogen-bond acceptors (Lipinski definition) is 3. The van der Waals surface area contributed by atoms with Gasteiger partial charge in [-0.05, 0) is 12.0 Å². The summed E-state index contributed by atoms with van der Waals surface area (Å²) in [6.07, 6.45) is 3.54. The number of nitrogens with one attached hydrogen (secondary N) is 1. The van der Waals surface area contributed by atoms with Crippen molar-refractivity contribution in [3.63, 3.8) is 0 Å². The van der Waals surface area contributed by atoms with Gasteiger partial charge in [0.1, 0.15) is 0 Å². The second kappa shape index (κ2) is 3.73. The molecular weight excluding hydrogens is 188 g/mol. The third-order valence-corrected chi connectivity index (χ3v) is 2.35. The van der Waals surface area contributed by atoms with E-state index < -0.39 is 0 Å². The highest BCUT2D eigenvalue weighted by Crippen LogP contribution is 2.31. The van der Waals surface area contributed by atoms with Crippen molar-refractivity contribution in [2.45, 2.75) is 19.8 Å². The molecule has 2 rings (SSSR count). The van der Waals surface area contributed by atoms with Crippen molar-refractivity contribution in [2.75, 3.05) is 5.73 Å². The lowest BCUT2D eigenvalue weighted by atomic mass is 10.0. The molecule has 0 aliphatic heterocycles. The van der Waals surface area contributed by atoms with Gasteiger partial charge in [-0.1, -0.05) is 19.9 Å². The van der Waals surface area contributed by atoms with Gasteiger partial charge < -0.3 is 5.73 Å². The van der Waals surface area contributed by atoms with Crippen molar-refractivity contribution in [1.82, 2.24) is 15.2 Å².